The Morgan fingerprint density at radius 2 is 1.62 bits per heavy atom. The monoisotopic (exact) mass is 397 g/mol. The van der Waals surface area contributed by atoms with Gasteiger partial charge in [-0.15, -0.1) is 0 Å². The van der Waals surface area contributed by atoms with Crippen molar-refractivity contribution in [1.82, 2.24) is 10.2 Å². The summed E-state index contributed by atoms with van der Waals surface area (Å²) in [6, 6.07) is 17.0. The van der Waals surface area contributed by atoms with Gasteiger partial charge in [0.15, 0.2) is 0 Å². The summed E-state index contributed by atoms with van der Waals surface area (Å²) in [5.74, 6) is 0.0851. The van der Waals surface area contributed by atoms with Gasteiger partial charge in [0.25, 0.3) is 0 Å². The van der Waals surface area contributed by atoms with Crippen LogP contribution in [0, 0.1) is 5.41 Å². The highest BCUT2D eigenvalue weighted by Gasteiger charge is 2.35. The van der Waals surface area contributed by atoms with E-state index in [2.05, 4.69) is 15.5 Å². The molecule has 2 rings (SSSR count). The number of hydrogen-bond acceptors (Lipinski definition) is 4. The first kappa shape index (κ1) is 22.4. The molecule has 0 unspecified atom stereocenters. The first-order chi connectivity index (χ1) is 13.8. The van der Waals surface area contributed by atoms with Crippen LogP contribution in [-0.2, 0) is 16.2 Å². The fourth-order valence-electron chi connectivity index (χ4n) is 2.58. The van der Waals surface area contributed by atoms with Crippen LogP contribution < -0.4 is 15.4 Å². The molecule has 6 heteroatoms. The van der Waals surface area contributed by atoms with E-state index in [1.165, 1.54) is 0 Å². The summed E-state index contributed by atoms with van der Waals surface area (Å²) in [7, 11) is 3.97. The fraction of sp³-hybridized carbons (Fsp3) is 0.391. The van der Waals surface area contributed by atoms with Gasteiger partial charge in [0.2, 0.25) is 11.8 Å². The summed E-state index contributed by atoms with van der Waals surface area (Å²) >= 11 is 0. The first-order valence-electron chi connectivity index (χ1n) is 9.80. The smallest absolute Gasteiger partial charge is 0.239 e. The molecule has 2 aromatic rings. The molecule has 0 heterocycles. The minimum Gasteiger partial charge on any atom is -0.489 e. The van der Waals surface area contributed by atoms with E-state index in [4.69, 9.17) is 4.74 Å². The Labute approximate surface area is 173 Å². The van der Waals surface area contributed by atoms with Gasteiger partial charge in [-0.2, -0.15) is 0 Å². The average Bonchev–Trinajstić information content (AvgIpc) is 2.71. The van der Waals surface area contributed by atoms with E-state index in [1.807, 2.05) is 44.4 Å². The van der Waals surface area contributed by atoms with Crippen molar-refractivity contribution >= 4 is 17.5 Å². The lowest BCUT2D eigenvalue weighted by Crippen LogP contribution is -2.45. The molecule has 156 valence electrons. The summed E-state index contributed by atoms with van der Waals surface area (Å²) in [6.07, 6.45) is 0.834. The second-order valence-corrected chi connectivity index (χ2v) is 7.79. The third kappa shape index (κ3) is 7.23. The Morgan fingerprint density at radius 1 is 0.966 bits per heavy atom. The number of ether oxygens (including phenoxy) is 1. The van der Waals surface area contributed by atoms with Gasteiger partial charge in [-0.25, -0.2) is 0 Å². The second-order valence-electron chi connectivity index (χ2n) is 7.79. The van der Waals surface area contributed by atoms with Gasteiger partial charge in [0.05, 0.1) is 0 Å². The van der Waals surface area contributed by atoms with Crippen molar-refractivity contribution in [3.05, 3.63) is 60.2 Å². The van der Waals surface area contributed by atoms with Crippen LogP contribution in [0.3, 0.4) is 0 Å². The molecule has 2 N–H and O–H groups in total. The van der Waals surface area contributed by atoms with E-state index in [0.717, 1.165) is 18.5 Å². The van der Waals surface area contributed by atoms with Crippen LogP contribution in [0.15, 0.2) is 54.6 Å². The molecule has 0 radical (unpaired) electrons. The largest absolute Gasteiger partial charge is 0.489 e. The standard InChI is InChI=1S/C23H31N3O3/c1-23(2,21(27)24-15-8-16-26(3)4)22(28)25-19-11-13-20(14-12-19)29-17-18-9-6-5-7-10-18/h5-7,9-14H,8,15-17H2,1-4H3,(H,24,27)(H,25,28). The fourth-order valence-corrected chi connectivity index (χ4v) is 2.58. The first-order valence-corrected chi connectivity index (χ1v) is 9.80. The third-order valence-corrected chi connectivity index (χ3v) is 4.56. The summed E-state index contributed by atoms with van der Waals surface area (Å²) in [5.41, 5.74) is 0.541. The number of benzene rings is 2. The Morgan fingerprint density at radius 3 is 2.24 bits per heavy atom. The average molecular weight is 398 g/mol. The number of carbonyl (C=O) groups excluding carboxylic acids is 2. The molecule has 0 fully saturated rings. The van der Waals surface area contributed by atoms with E-state index < -0.39 is 5.41 Å². The van der Waals surface area contributed by atoms with Crippen molar-refractivity contribution < 1.29 is 14.3 Å². The Kier molecular flexibility index (Phi) is 8.21. The highest BCUT2D eigenvalue weighted by atomic mass is 16.5. The highest BCUT2D eigenvalue weighted by Crippen LogP contribution is 2.21. The van der Waals surface area contributed by atoms with Crippen LogP contribution in [0.2, 0.25) is 0 Å². The highest BCUT2D eigenvalue weighted by molar-refractivity contribution is 6.09. The lowest BCUT2D eigenvalue weighted by atomic mass is 9.91. The van der Waals surface area contributed by atoms with Crippen LogP contribution in [-0.4, -0.2) is 43.9 Å². The van der Waals surface area contributed by atoms with Crippen LogP contribution in [0.25, 0.3) is 0 Å². The van der Waals surface area contributed by atoms with Crippen molar-refractivity contribution in [3.63, 3.8) is 0 Å². The molecule has 0 aliphatic carbocycles. The van der Waals surface area contributed by atoms with Gasteiger partial charge in [0.1, 0.15) is 17.8 Å². The number of hydrogen-bond donors (Lipinski definition) is 2. The number of rotatable bonds is 10. The van der Waals surface area contributed by atoms with Gasteiger partial charge in [-0.3, -0.25) is 9.59 Å². The summed E-state index contributed by atoms with van der Waals surface area (Å²) < 4.78 is 5.75. The second kappa shape index (κ2) is 10.6. The number of nitrogens with zero attached hydrogens (tertiary/aromatic N) is 1. The van der Waals surface area contributed by atoms with Crippen molar-refractivity contribution in [3.8, 4) is 5.75 Å². The van der Waals surface area contributed by atoms with Gasteiger partial charge in [-0.1, -0.05) is 30.3 Å². The molecule has 0 aromatic heterocycles. The zero-order valence-corrected chi connectivity index (χ0v) is 17.7. The third-order valence-electron chi connectivity index (χ3n) is 4.56. The molecule has 0 saturated heterocycles. The van der Waals surface area contributed by atoms with Crippen LogP contribution in [0.1, 0.15) is 25.8 Å². The van der Waals surface area contributed by atoms with Crippen molar-refractivity contribution in [2.24, 2.45) is 5.41 Å². The van der Waals surface area contributed by atoms with Gasteiger partial charge in [-0.05, 0) is 70.7 Å². The summed E-state index contributed by atoms with van der Waals surface area (Å²) in [5, 5.41) is 5.65. The van der Waals surface area contributed by atoms with E-state index >= 15 is 0 Å². The molecule has 0 aliphatic rings. The maximum absolute atomic E-state index is 12.6. The molecule has 2 aromatic carbocycles. The number of nitrogens with one attached hydrogen (secondary N) is 2. The lowest BCUT2D eigenvalue weighted by molar-refractivity contribution is -0.138. The SMILES string of the molecule is CN(C)CCCNC(=O)C(C)(C)C(=O)Nc1ccc(OCc2ccccc2)cc1. The normalized spacial score (nSPS) is 11.2. The number of anilines is 1. The van der Waals surface area contributed by atoms with E-state index in [9.17, 15) is 9.59 Å². The summed E-state index contributed by atoms with van der Waals surface area (Å²) in [6.45, 7) is 5.16. The summed E-state index contributed by atoms with van der Waals surface area (Å²) in [4.78, 5) is 27.1. The molecule has 0 saturated carbocycles. The van der Waals surface area contributed by atoms with Crippen molar-refractivity contribution in [2.45, 2.75) is 26.9 Å². The van der Waals surface area contributed by atoms with E-state index in [-0.39, 0.29) is 11.8 Å². The predicted molar refractivity (Wildman–Crippen MR) is 116 cm³/mol. The Balaban J connectivity index is 1.84. The molecule has 2 amide bonds. The van der Waals surface area contributed by atoms with Crippen LogP contribution >= 0.6 is 0 Å². The van der Waals surface area contributed by atoms with Crippen LogP contribution in [0.5, 0.6) is 5.75 Å². The molecule has 0 spiro atoms. The zero-order valence-electron chi connectivity index (χ0n) is 17.7. The quantitative estimate of drug-likeness (QED) is 0.477. The minimum atomic E-state index is -1.17. The van der Waals surface area contributed by atoms with Gasteiger partial charge >= 0.3 is 0 Å². The zero-order chi connectivity index (χ0) is 21.3. The minimum absolute atomic E-state index is 0.281. The predicted octanol–water partition coefficient (Wildman–Crippen LogP) is 3.30. The molecular weight excluding hydrogens is 366 g/mol. The van der Waals surface area contributed by atoms with E-state index in [0.29, 0.717) is 24.6 Å². The molecular formula is C23H31N3O3. The molecule has 29 heavy (non-hydrogen) atoms. The van der Waals surface area contributed by atoms with Crippen molar-refractivity contribution in [2.75, 3.05) is 32.5 Å². The molecule has 6 nitrogen and oxygen atoms in total. The number of amides is 2. The maximum atomic E-state index is 12.6. The Bertz CT molecular complexity index is 787. The van der Waals surface area contributed by atoms with E-state index in [1.54, 1.807) is 38.1 Å². The number of carbonyl (C=O) groups is 2. The maximum Gasteiger partial charge on any atom is 0.239 e. The van der Waals surface area contributed by atoms with Gasteiger partial charge < -0.3 is 20.3 Å². The van der Waals surface area contributed by atoms with Crippen LogP contribution in [0.4, 0.5) is 5.69 Å². The van der Waals surface area contributed by atoms with Crippen molar-refractivity contribution in [1.29, 1.82) is 0 Å². The molecule has 0 bridgehead atoms. The molecule has 0 atom stereocenters. The van der Waals surface area contributed by atoms with Gasteiger partial charge in [0, 0.05) is 12.2 Å². The Hall–Kier alpha value is -2.86. The molecule has 0 aliphatic heterocycles. The lowest BCUT2D eigenvalue weighted by Gasteiger charge is -2.23. The topological polar surface area (TPSA) is 70.7 Å².